The van der Waals surface area contributed by atoms with E-state index in [1.807, 2.05) is 0 Å². The highest BCUT2D eigenvalue weighted by Gasteiger charge is 2.38. The molecule has 1 heterocycles. The Bertz CT molecular complexity index is 2300. The van der Waals surface area contributed by atoms with E-state index >= 15 is 0 Å². The van der Waals surface area contributed by atoms with Crippen molar-refractivity contribution in [3.05, 3.63) is 144 Å². The minimum atomic E-state index is -1.11. The third-order valence-electron chi connectivity index (χ3n) is 11.0. The van der Waals surface area contributed by atoms with Crippen LogP contribution in [0.5, 0.6) is 0 Å². The molecule has 0 bridgehead atoms. The van der Waals surface area contributed by atoms with Crippen molar-refractivity contribution in [1.82, 2.24) is 0 Å². The highest BCUT2D eigenvalue weighted by Crippen LogP contribution is 2.53. The second kappa shape index (κ2) is 9.82. The van der Waals surface area contributed by atoms with Gasteiger partial charge in [-0.25, -0.2) is 0 Å². The molecule has 0 atom stereocenters. The Morgan fingerprint density at radius 1 is 0.489 bits per heavy atom. The molecule has 230 valence electrons. The van der Waals surface area contributed by atoms with Gasteiger partial charge in [0.15, 0.2) is 5.58 Å². The molecule has 0 unspecified atom stereocenters. The van der Waals surface area contributed by atoms with Crippen LogP contribution in [0.1, 0.15) is 49.9 Å². The van der Waals surface area contributed by atoms with Crippen molar-refractivity contribution in [2.45, 2.75) is 51.6 Å². The quantitative estimate of drug-likeness (QED) is 0.181. The average Bonchev–Trinajstić information content (AvgIpc) is 3.65. The molecule has 0 N–H and O–H groups in total. The fraction of sp³-hybridized carbons (Fsp3) is 0.182. The minimum absolute atomic E-state index is 0.0999. The number of anilines is 3. The summed E-state index contributed by atoms with van der Waals surface area (Å²) < 4.78 is 6.96. The Morgan fingerprint density at radius 2 is 0.979 bits per heavy atom. The Labute approximate surface area is 278 Å². The van der Waals surface area contributed by atoms with Gasteiger partial charge in [0.25, 0.3) is 0 Å². The van der Waals surface area contributed by atoms with E-state index < -0.39 is 8.80 Å². The second-order valence-corrected chi connectivity index (χ2v) is 17.7. The smallest absolute Gasteiger partial charge is 0.159 e. The zero-order valence-electron chi connectivity index (χ0n) is 28.0. The molecular weight excluding hydrogens is 587 g/mol. The van der Waals surface area contributed by atoms with E-state index in [0.29, 0.717) is 0 Å². The van der Waals surface area contributed by atoms with Crippen molar-refractivity contribution >= 4 is 53.0 Å². The first-order chi connectivity index (χ1) is 22.7. The number of furan rings is 1. The summed E-state index contributed by atoms with van der Waals surface area (Å²) in [5.41, 5.74) is 16.0. The summed E-state index contributed by atoms with van der Waals surface area (Å²) in [7, 11) is -1.11. The van der Waals surface area contributed by atoms with Crippen LogP contribution in [0.3, 0.4) is 0 Å². The Kier molecular flexibility index (Phi) is 5.93. The summed E-state index contributed by atoms with van der Waals surface area (Å²) in [5.74, 6) is 0. The Balaban J connectivity index is 1.31. The van der Waals surface area contributed by atoms with E-state index in [4.69, 9.17) is 4.42 Å². The molecule has 2 aliphatic carbocycles. The van der Waals surface area contributed by atoms with Crippen LogP contribution in [-0.2, 0) is 10.8 Å². The number of fused-ring (bicyclic) bond motifs is 9. The molecule has 0 saturated heterocycles. The van der Waals surface area contributed by atoms with Gasteiger partial charge in [0.1, 0.15) is 5.58 Å². The van der Waals surface area contributed by atoms with Crippen molar-refractivity contribution in [2.24, 2.45) is 0 Å². The zero-order chi connectivity index (χ0) is 32.2. The largest absolute Gasteiger partial charge is 0.454 e. The molecule has 3 heteroatoms. The monoisotopic (exact) mass is 625 g/mol. The summed E-state index contributed by atoms with van der Waals surface area (Å²) in [4.78, 5) is 2.44. The van der Waals surface area contributed by atoms with Gasteiger partial charge in [0.05, 0.1) is 14.5 Å². The topological polar surface area (TPSA) is 16.4 Å². The Morgan fingerprint density at radius 3 is 1.53 bits per heavy atom. The predicted octanol–water partition coefficient (Wildman–Crippen LogP) is 11.4. The molecular formula is C44H39NOSi. The van der Waals surface area contributed by atoms with Crippen LogP contribution in [0.4, 0.5) is 17.1 Å². The lowest BCUT2D eigenvalue weighted by Gasteiger charge is -2.29. The van der Waals surface area contributed by atoms with Gasteiger partial charge in [0.2, 0.25) is 0 Å². The van der Waals surface area contributed by atoms with Crippen molar-refractivity contribution in [3.8, 4) is 22.3 Å². The number of hydrogen-bond donors (Lipinski definition) is 0. The van der Waals surface area contributed by atoms with Crippen LogP contribution in [0, 0.1) is 0 Å². The van der Waals surface area contributed by atoms with Crippen molar-refractivity contribution in [3.63, 3.8) is 0 Å². The summed E-state index contributed by atoms with van der Waals surface area (Å²) in [6.07, 6.45) is 0. The summed E-state index contributed by atoms with van der Waals surface area (Å²) in [5, 5.41) is 3.75. The molecule has 1 aromatic heterocycles. The number of rotatable bonds is 4. The van der Waals surface area contributed by atoms with Gasteiger partial charge in [-0.1, -0.05) is 132 Å². The third kappa shape index (κ3) is 3.90. The lowest BCUT2D eigenvalue weighted by atomic mass is 9.82. The minimum Gasteiger partial charge on any atom is -0.454 e. The first kappa shape index (κ1) is 28.4. The first-order valence-corrected chi connectivity index (χ1v) is 19.8. The fourth-order valence-electron chi connectivity index (χ4n) is 8.55. The summed E-state index contributed by atoms with van der Waals surface area (Å²) in [6.45, 7) is 14.2. The molecule has 2 nitrogen and oxygen atoms in total. The molecule has 0 fully saturated rings. The fourth-order valence-corrected chi connectivity index (χ4v) is 9.78. The number of nitrogens with zero attached hydrogens (tertiary/aromatic N) is 1. The van der Waals surface area contributed by atoms with Crippen LogP contribution in [0.15, 0.2) is 126 Å². The maximum atomic E-state index is 6.96. The van der Waals surface area contributed by atoms with Gasteiger partial charge in [-0.3, -0.25) is 0 Å². The van der Waals surface area contributed by atoms with Gasteiger partial charge in [-0.15, -0.1) is 0 Å². The van der Waals surface area contributed by atoms with E-state index in [0.717, 1.165) is 28.2 Å². The third-order valence-corrected chi connectivity index (χ3v) is 12.7. The summed E-state index contributed by atoms with van der Waals surface area (Å²) >= 11 is 0. The van der Waals surface area contributed by atoms with Crippen molar-refractivity contribution in [1.29, 1.82) is 0 Å². The normalized spacial score (nSPS) is 15.1. The number of hydrogen-bond acceptors (Lipinski definition) is 2. The number of benzene rings is 6. The lowest BCUT2D eigenvalue weighted by Crippen LogP contribution is -2.22. The molecule has 6 aromatic carbocycles. The van der Waals surface area contributed by atoms with Crippen LogP contribution < -0.4 is 10.1 Å². The van der Waals surface area contributed by atoms with Crippen LogP contribution in [0.25, 0.3) is 44.2 Å². The van der Waals surface area contributed by atoms with Crippen LogP contribution in [-0.4, -0.2) is 8.80 Å². The van der Waals surface area contributed by atoms with Crippen molar-refractivity contribution < 1.29 is 4.42 Å². The molecule has 0 spiro atoms. The lowest BCUT2D eigenvalue weighted by molar-refractivity contribution is 0.659. The highest BCUT2D eigenvalue weighted by atomic mass is 28.3. The van der Waals surface area contributed by atoms with Gasteiger partial charge in [0, 0.05) is 33.0 Å². The maximum absolute atomic E-state index is 6.96. The molecule has 9 rings (SSSR count). The molecule has 47 heavy (non-hydrogen) atoms. The first-order valence-electron chi connectivity index (χ1n) is 16.9. The molecule has 2 aliphatic rings. The summed E-state index contributed by atoms with van der Waals surface area (Å²) in [6, 6.07) is 45.2. The zero-order valence-corrected chi connectivity index (χ0v) is 29.1. The Hall–Kier alpha value is -4.86. The molecule has 0 radical (unpaired) electrons. The van der Waals surface area contributed by atoms with E-state index in [2.05, 4.69) is 167 Å². The van der Waals surface area contributed by atoms with Crippen LogP contribution >= 0.6 is 0 Å². The molecule has 0 aliphatic heterocycles. The predicted molar refractivity (Wildman–Crippen MR) is 202 cm³/mol. The van der Waals surface area contributed by atoms with Crippen molar-refractivity contribution in [2.75, 3.05) is 4.90 Å². The highest BCUT2D eigenvalue weighted by molar-refractivity contribution is 6.73. The second-order valence-electron chi connectivity index (χ2n) is 14.8. The standard InChI is InChI=1S/C44H39NOSi/c1-43(2)35-17-9-7-13-29(35)31-23-21-27(25-37(31)43)45(28-22-24-32-30-14-8-10-18-36(30)44(3,4)38(32)26-28)39-19-11-15-33-34-16-12-20-40(47(5)6)42(34)46-41(33)39/h7-26,47H,1-6H3. The van der Waals surface area contributed by atoms with E-state index in [1.54, 1.807) is 0 Å². The van der Waals surface area contributed by atoms with E-state index in [1.165, 1.54) is 60.5 Å². The van der Waals surface area contributed by atoms with Crippen LogP contribution in [0.2, 0.25) is 13.1 Å². The van der Waals surface area contributed by atoms with E-state index in [9.17, 15) is 0 Å². The van der Waals surface area contributed by atoms with Gasteiger partial charge >= 0.3 is 0 Å². The maximum Gasteiger partial charge on any atom is 0.159 e. The molecule has 0 saturated carbocycles. The van der Waals surface area contributed by atoms with E-state index in [-0.39, 0.29) is 10.8 Å². The van der Waals surface area contributed by atoms with Gasteiger partial charge < -0.3 is 9.32 Å². The SMILES string of the molecule is C[SiH](C)c1cccc2c1oc1c(N(c3ccc4c(c3)C(C)(C)c3ccccc3-4)c3ccc4c(c3)C(C)(C)c3ccccc3-4)cccc12. The average molecular weight is 626 g/mol. The van der Waals surface area contributed by atoms with Gasteiger partial charge in [-0.2, -0.15) is 0 Å². The molecule has 7 aromatic rings. The number of para-hydroxylation sites is 2. The van der Waals surface area contributed by atoms with Gasteiger partial charge in [-0.05, 0) is 80.0 Å². The molecule has 0 amide bonds.